The summed E-state index contributed by atoms with van der Waals surface area (Å²) in [7, 11) is 1.70. The van der Waals surface area contributed by atoms with Crippen LogP contribution in [0.3, 0.4) is 0 Å². The second-order valence-electron chi connectivity index (χ2n) is 8.10. The van der Waals surface area contributed by atoms with Crippen molar-refractivity contribution in [2.24, 2.45) is 0 Å². The zero-order valence-electron chi connectivity index (χ0n) is 16.9. The van der Waals surface area contributed by atoms with E-state index in [2.05, 4.69) is 10.3 Å². The maximum atomic E-state index is 12.9. The number of fused-ring (bicyclic) bond motifs is 2. The molecule has 0 bridgehead atoms. The molecule has 2 N–H and O–H groups in total. The van der Waals surface area contributed by atoms with Gasteiger partial charge in [0.15, 0.2) is 6.61 Å². The van der Waals surface area contributed by atoms with Crippen molar-refractivity contribution < 1.29 is 14.3 Å². The number of amides is 2. The minimum Gasteiger partial charge on any atom is -0.482 e. The zero-order chi connectivity index (χ0) is 20.7. The SMILES string of the molecule is CN1C(=O)COc2ccc(C(=O)N[C@H]3CCC[C@H](c4nc5ccccc5[nH]4)C3)cc21. The predicted molar refractivity (Wildman–Crippen MR) is 114 cm³/mol. The van der Waals surface area contributed by atoms with Crippen molar-refractivity contribution in [3.8, 4) is 5.75 Å². The summed E-state index contributed by atoms with van der Waals surface area (Å²) in [5, 5.41) is 3.18. The van der Waals surface area contributed by atoms with E-state index in [-0.39, 0.29) is 24.5 Å². The van der Waals surface area contributed by atoms with Crippen LogP contribution >= 0.6 is 0 Å². The summed E-state index contributed by atoms with van der Waals surface area (Å²) < 4.78 is 5.45. The number of ether oxygens (including phenoxy) is 1. The number of hydrogen-bond acceptors (Lipinski definition) is 4. The third-order valence-electron chi connectivity index (χ3n) is 6.11. The summed E-state index contributed by atoms with van der Waals surface area (Å²) in [6.07, 6.45) is 3.92. The van der Waals surface area contributed by atoms with Crippen LogP contribution in [0.25, 0.3) is 11.0 Å². The fourth-order valence-electron chi connectivity index (χ4n) is 4.42. The van der Waals surface area contributed by atoms with Gasteiger partial charge in [-0.25, -0.2) is 4.98 Å². The lowest BCUT2D eigenvalue weighted by atomic mass is 9.85. The quantitative estimate of drug-likeness (QED) is 0.701. The first-order chi connectivity index (χ1) is 14.6. The molecule has 1 aliphatic heterocycles. The topological polar surface area (TPSA) is 87.3 Å². The Labute approximate surface area is 174 Å². The minimum atomic E-state index is -0.125. The molecule has 2 amide bonds. The number of nitrogens with one attached hydrogen (secondary N) is 2. The van der Waals surface area contributed by atoms with E-state index in [0.29, 0.717) is 22.9 Å². The average molecular weight is 404 g/mol. The number of para-hydroxylation sites is 2. The van der Waals surface area contributed by atoms with Crippen molar-refractivity contribution in [2.45, 2.75) is 37.6 Å². The van der Waals surface area contributed by atoms with Crippen molar-refractivity contribution in [2.75, 3.05) is 18.6 Å². The normalized spacial score (nSPS) is 21.2. The molecule has 5 rings (SSSR count). The summed E-state index contributed by atoms with van der Waals surface area (Å²) in [5.41, 5.74) is 3.19. The Hall–Kier alpha value is -3.35. The number of hydrogen-bond donors (Lipinski definition) is 2. The Morgan fingerprint density at radius 3 is 2.97 bits per heavy atom. The van der Waals surface area contributed by atoms with Gasteiger partial charge in [-0.05, 0) is 49.6 Å². The predicted octanol–water partition coefficient (Wildman–Crippen LogP) is 3.37. The van der Waals surface area contributed by atoms with Gasteiger partial charge in [0, 0.05) is 24.6 Å². The smallest absolute Gasteiger partial charge is 0.264 e. The highest BCUT2D eigenvalue weighted by Crippen LogP contribution is 2.34. The van der Waals surface area contributed by atoms with Gasteiger partial charge in [0.2, 0.25) is 0 Å². The molecule has 2 aliphatic rings. The van der Waals surface area contributed by atoms with Crippen LogP contribution in [0.5, 0.6) is 5.75 Å². The number of anilines is 1. The first kappa shape index (κ1) is 18.7. The number of H-pyrrole nitrogens is 1. The molecule has 3 aromatic rings. The van der Waals surface area contributed by atoms with E-state index in [4.69, 9.17) is 9.72 Å². The van der Waals surface area contributed by atoms with Gasteiger partial charge in [-0.1, -0.05) is 18.6 Å². The van der Waals surface area contributed by atoms with Crippen molar-refractivity contribution in [3.05, 3.63) is 53.9 Å². The molecule has 7 nitrogen and oxygen atoms in total. The van der Waals surface area contributed by atoms with Gasteiger partial charge in [-0.3, -0.25) is 9.59 Å². The first-order valence-electron chi connectivity index (χ1n) is 10.4. The lowest BCUT2D eigenvalue weighted by Crippen LogP contribution is -2.39. The summed E-state index contributed by atoms with van der Waals surface area (Å²) >= 11 is 0. The van der Waals surface area contributed by atoms with E-state index >= 15 is 0 Å². The zero-order valence-corrected chi connectivity index (χ0v) is 16.9. The van der Waals surface area contributed by atoms with Gasteiger partial charge >= 0.3 is 0 Å². The third kappa shape index (κ3) is 3.40. The Morgan fingerprint density at radius 2 is 2.10 bits per heavy atom. The van der Waals surface area contributed by atoms with E-state index in [0.717, 1.165) is 42.5 Å². The summed E-state index contributed by atoms with van der Waals surface area (Å²) in [6, 6.07) is 13.4. The van der Waals surface area contributed by atoms with Crippen LogP contribution in [-0.2, 0) is 4.79 Å². The largest absolute Gasteiger partial charge is 0.482 e. The summed E-state index contributed by atoms with van der Waals surface area (Å²) in [5.74, 6) is 1.68. The molecule has 0 unspecified atom stereocenters. The molecule has 2 heterocycles. The molecule has 1 aromatic heterocycles. The number of imidazole rings is 1. The highest BCUT2D eigenvalue weighted by molar-refractivity contribution is 6.01. The molecule has 1 aliphatic carbocycles. The summed E-state index contributed by atoms with van der Waals surface area (Å²) in [6.45, 7) is 0.0281. The maximum Gasteiger partial charge on any atom is 0.264 e. The fraction of sp³-hybridized carbons (Fsp3) is 0.348. The van der Waals surface area contributed by atoms with Crippen LogP contribution in [-0.4, -0.2) is 41.5 Å². The number of nitrogens with zero attached hydrogens (tertiary/aromatic N) is 2. The number of carbonyl (C=O) groups is 2. The Balaban J connectivity index is 1.29. The van der Waals surface area contributed by atoms with Gasteiger partial charge < -0.3 is 19.9 Å². The van der Waals surface area contributed by atoms with Gasteiger partial charge in [0.25, 0.3) is 11.8 Å². The van der Waals surface area contributed by atoms with E-state index < -0.39 is 0 Å². The monoisotopic (exact) mass is 404 g/mol. The van der Waals surface area contributed by atoms with E-state index in [1.807, 2.05) is 24.3 Å². The lowest BCUT2D eigenvalue weighted by molar-refractivity contribution is -0.120. The highest BCUT2D eigenvalue weighted by atomic mass is 16.5. The molecule has 2 aromatic carbocycles. The van der Waals surface area contributed by atoms with Crippen LogP contribution in [0, 0.1) is 0 Å². The number of rotatable bonds is 3. The van der Waals surface area contributed by atoms with E-state index in [1.54, 1.807) is 25.2 Å². The van der Waals surface area contributed by atoms with Crippen LogP contribution in [0.2, 0.25) is 0 Å². The minimum absolute atomic E-state index is 0.0281. The number of likely N-dealkylation sites (N-methyl/N-ethyl adjacent to an activating group) is 1. The van der Waals surface area contributed by atoms with Crippen LogP contribution < -0.4 is 15.0 Å². The Bertz CT molecular complexity index is 1090. The molecule has 0 radical (unpaired) electrons. The molecule has 154 valence electrons. The number of carbonyl (C=O) groups excluding carboxylic acids is 2. The first-order valence-corrected chi connectivity index (χ1v) is 10.4. The van der Waals surface area contributed by atoms with Gasteiger partial charge in [-0.15, -0.1) is 0 Å². The number of aromatic nitrogens is 2. The van der Waals surface area contributed by atoms with Crippen molar-refractivity contribution in [3.63, 3.8) is 0 Å². The molecule has 7 heteroatoms. The van der Waals surface area contributed by atoms with E-state index in [1.165, 1.54) is 4.90 Å². The molecule has 30 heavy (non-hydrogen) atoms. The van der Waals surface area contributed by atoms with Crippen LogP contribution in [0.15, 0.2) is 42.5 Å². The van der Waals surface area contributed by atoms with Gasteiger partial charge in [0.05, 0.1) is 16.7 Å². The fourth-order valence-corrected chi connectivity index (χ4v) is 4.42. The second kappa shape index (κ2) is 7.48. The van der Waals surface area contributed by atoms with Gasteiger partial charge in [-0.2, -0.15) is 0 Å². The Morgan fingerprint density at radius 1 is 1.23 bits per heavy atom. The molecule has 1 saturated carbocycles. The van der Waals surface area contributed by atoms with Gasteiger partial charge in [0.1, 0.15) is 11.6 Å². The molecular weight excluding hydrogens is 380 g/mol. The van der Waals surface area contributed by atoms with Crippen LogP contribution in [0.1, 0.15) is 47.8 Å². The van der Waals surface area contributed by atoms with Crippen molar-refractivity contribution in [1.82, 2.24) is 15.3 Å². The number of benzene rings is 2. The molecule has 1 fully saturated rings. The third-order valence-corrected chi connectivity index (χ3v) is 6.11. The molecule has 2 atom stereocenters. The molecular formula is C23H24N4O3. The van der Waals surface area contributed by atoms with E-state index in [9.17, 15) is 9.59 Å². The number of aromatic amines is 1. The van der Waals surface area contributed by atoms with Crippen molar-refractivity contribution >= 4 is 28.5 Å². The standard InChI is InChI=1S/C23H24N4O3/c1-27-19-12-15(9-10-20(19)30-13-21(27)28)23(29)24-16-6-4-5-14(11-16)22-25-17-7-2-3-8-18(17)26-22/h2-3,7-10,12,14,16H,4-6,11,13H2,1H3,(H,24,29)(H,25,26)/t14-,16-/m0/s1. The van der Waals surface area contributed by atoms with Crippen molar-refractivity contribution in [1.29, 1.82) is 0 Å². The maximum absolute atomic E-state index is 12.9. The Kier molecular flexibility index (Phi) is 4.65. The summed E-state index contributed by atoms with van der Waals surface area (Å²) in [4.78, 5) is 34.5. The second-order valence-corrected chi connectivity index (χ2v) is 8.10. The van der Waals surface area contributed by atoms with Crippen LogP contribution in [0.4, 0.5) is 5.69 Å². The highest BCUT2D eigenvalue weighted by Gasteiger charge is 2.28. The lowest BCUT2D eigenvalue weighted by Gasteiger charge is -2.29. The molecule has 0 spiro atoms. The average Bonchev–Trinajstić information content (AvgIpc) is 3.21. The molecule has 0 saturated heterocycles.